The van der Waals surface area contributed by atoms with Gasteiger partial charge in [-0.25, -0.2) is 4.39 Å². The fourth-order valence-corrected chi connectivity index (χ4v) is 2.91. The Morgan fingerprint density at radius 3 is 2.48 bits per heavy atom. The molecule has 27 heavy (non-hydrogen) atoms. The van der Waals surface area contributed by atoms with Crippen LogP contribution in [0.25, 0.3) is 10.9 Å². The lowest BCUT2D eigenvalue weighted by molar-refractivity contribution is -0.115. The number of hydrogen-bond donors (Lipinski definition) is 2. The molecule has 4 aromatic rings. The van der Waals surface area contributed by atoms with Gasteiger partial charge >= 0.3 is 0 Å². The van der Waals surface area contributed by atoms with Crippen LogP contribution < -0.4 is 10.1 Å². The Morgan fingerprint density at radius 2 is 1.70 bits per heavy atom. The number of carbonyl (C=O) groups excluding carboxylic acids is 1. The van der Waals surface area contributed by atoms with Gasteiger partial charge in [0.15, 0.2) is 0 Å². The van der Waals surface area contributed by atoms with Crippen molar-refractivity contribution in [2.45, 2.75) is 6.42 Å². The van der Waals surface area contributed by atoms with Gasteiger partial charge in [-0.15, -0.1) is 0 Å². The van der Waals surface area contributed by atoms with Crippen LogP contribution in [0.5, 0.6) is 11.5 Å². The van der Waals surface area contributed by atoms with Crippen LogP contribution in [0.4, 0.5) is 10.1 Å². The topological polar surface area (TPSA) is 54.1 Å². The van der Waals surface area contributed by atoms with Gasteiger partial charge in [-0.1, -0.05) is 18.2 Å². The summed E-state index contributed by atoms with van der Waals surface area (Å²) in [4.78, 5) is 15.4. The minimum Gasteiger partial charge on any atom is -0.457 e. The number of anilines is 1. The highest BCUT2D eigenvalue weighted by Crippen LogP contribution is 2.23. The molecule has 0 atom stereocenters. The van der Waals surface area contributed by atoms with Crippen molar-refractivity contribution in [3.8, 4) is 11.5 Å². The van der Waals surface area contributed by atoms with Crippen LogP contribution in [-0.2, 0) is 11.2 Å². The lowest BCUT2D eigenvalue weighted by Gasteiger charge is -2.08. The smallest absolute Gasteiger partial charge is 0.228 e. The highest BCUT2D eigenvalue weighted by atomic mass is 19.1. The van der Waals surface area contributed by atoms with Gasteiger partial charge in [-0.3, -0.25) is 4.79 Å². The van der Waals surface area contributed by atoms with Gasteiger partial charge in [-0.05, 0) is 60.2 Å². The number of benzene rings is 3. The van der Waals surface area contributed by atoms with Crippen LogP contribution in [0.1, 0.15) is 5.56 Å². The van der Waals surface area contributed by atoms with Crippen molar-refractivity contribution in [2.24, 2.45) is 0 Å². The van der Waals surface area contributed by atoms with Crippen molar-refractivity contribution < 1.29 is 13.9 Å². The van der Waals surface area contributed by atoms with Crippen LogP contribution in [0, 0.1) is 5.82 Å². The first-order valence-electron chi connectivity index (χ1n) is 8.56. The number of halogens is 1. The van der Waals surface area contributed by atoms with E-state index < -0.39 is 0 Å². The van der Waals surface area contributed by atoms with E-state index in [0.29, 0.717) is 11.4 Å². The highest BCUT2D eigenvalue weighted by Gasteiger charge is 2.10. The van der Waals surface area contributed by atoms with Crippen LogP contribution in [0.15, 0.2) is 79.0 Å². The molecular formula is C22H17FN2O2. The Bertz CT molecular complexity index is 1070. The molecule has 0 fully saturated rings. The second kappa shape index (κ2) is 7.33. The summed E-state index contributed by atoms with van der Waals surface area (Å²) < 4.78 is 19.2. The van der Waals surface area contributed by atoms with Crippen LogP contribution >= 0.6 is 0 Å². The van der Waals surface area contributed by atoms with Crippen LogP contribution in [-0.4, -0.2) is 10.9 Å². The first-order valence-corrected chi connectivity index (χ1v) is 8.56. The maximum atomic E-state index is 13.4. The van der Waals surface area contributed by atoms with E-state index >= 15 is 0 Å². The normalized spacial score (nSPS) is 10.7. The van der Waals surface area contributed by atoms with Gasteiger partial charge in [-0.2, -0.15) is 0 Å². The molecule has 0 bridgehead atoms. The van der Waals surface area contributed by atoms with Gasteiger partial charge in [0, 0.05) is 22.8 Å². The van der Waals surface area contributed by atoms with E-state index in [0.717, 1.165) is 22.2 Å². The van der Waals surface area contributed by atoms with Gasteiger partial charge in [0.2, 0.25) is 5.91 Å². The molecule has 0 spiro atoms. The zero-order valence-electron chi connectivity index (χ0n) is 14.4. The molecule has 0 unspecified atom stereocenters. The molecular weight excluding hydrogens is 343 g/mol. The van der Waals surface area contributed by atoms with Gasteiger partial charge < -0.3 is 15.0 Å². The molecule has 1 amide bonds. The summed E-state index contributed by atoms with van der Waals surface area (Å²) in [6, 6.07) is 21.1. The molecule has 4 nitrogen and oxygen atoms in total. The third-order valence-corrected chi connectivity index (χ3v) is 4.20. The molecule has 2 N–H and O–H groups in total. The number of carbonyl (C=O) groups is 1. The second-order valence-corrected chi connectivity index (χ2v) is 6.17. The summed E-state index contributed by atoms with van der Waals surface area (Å²) in [5.41, 5.74) is 2.24. The number of rotatable bonds is 5. The molecule has 0 aliphatic heterocycles. The second-order valence-electron chi connectivity index (χ2n) is 6.17. The molecule has 3 aromatic carbocycles. The SMILES string of the molecule is O=C(Cc1c[nH]c2ccc(F)cc12)Nc1ccc(Oc2ccccc2)cc1. The van der Waals surface area contributed by atoms with E-state index in [1.807, 2.05) is 30.3 Å². The molecule has 0 saturated carbocycles. The fraction of sp³-hybridized carbons (Fsp3) is 0.0455. The zero-order chi connectivity index (χ0) is 18.6. The average Bonchev–Trinajstić information content (AvgIpc) is 3.06. The Morgan fingerprint density at radius 1 is 0.963 bits per heavy atom. The van der Waals surface area contributed by atoms with E-state index in [2.05, 4.69) is 10.3 Å². The first-order chi connectivity index (χ1) is 13.2. The van der Waals surface area contributed by atoms with E-state index in [9.17, 15) is 9.18 Å². The van der Waals surface area contributed by atoms with E-state index in [-0.39, 0.29) is 18.1 Å². The number of aromatic nitrogens is 1. The number of ether oxygens (including phenoxy) is 1. The van der Waals surface area contributed by atoms with Gasteiger partial charge in [0.25, 0.3) is 0 Å². The van der Waals surface area contributed by atoms with Crippen molar-refractivity contribution in [3.05, 3.63) is 90.4 Å². The van der Waals surface area contributed by atoms with Crippen LogP contribution in [0.3, 0.4) is 0 Å². The number of amides is 1. The molecule has 5 heteroatoms. The summed E-state index contributed by atoms with van der Waals surface area (Å²) in [5.74, 6) is 0.946. The number of hydrogen-bond acceptors (Lipinski definition) is 2. The molecule has 1 aromatic heterocycles. The quantitative estimate of drug-likeness (QED) is 0.509. The monoisotopic (exact) mass is 360 g/mol. The van der Waals surface area contributed by atoms with Gasteiger partial charge in [0.05, 0.1) is 6.42 Å². The van der Waals surface area contributed by atoms with E-state index in [4.69, 9.17) is 4.74 Å². The molecule has 134 valence electrons. The van der Waals surface area contributed by atoms with Crippen molar-refractivity contribution in [2.75, 3.05) is 5.32 Å². The van der Waals surface area contributed by atoms with E-state index in [1.54, 1.807) is 36.5 Å². The summed E-state index contributed by atoms with van der Waals surface area (Å²) in [6.07, 6.45) is 1.90. The highest BCUT2D eigenvalue weighted by molar-refractivity contribution is 5.95. The lowest BCUT2D eigenvalue weighted by atomic mass is 10.1. The maximum absolute atomic E-state index is 13.4. The molecule has 0 radical (unpaired) electrons. The van der Waals surface area contributed by atoms with Crippen molar-refractivity contribution >= 4 is 22.5 Å². The van der Waals surface area contributed by atoms with Gasteiger partial charge in [0.1, 0.15) is 17.3 Å². The standard InChI is InChI=1S/C22H17FN2O2/c23-16-6-11-21-20(13-16)15(14-24-21)12-22(26)25-17-7-9-19(10-8-17)27-18-4-2-1-3-5-18/h1-11,13-14,24H,12H2,(H,25,26). The number of para-hydroxylation sites is 1. The Labute approximate surface area is 155 Å². The van der Waals surface area contributed by atoms with E-state index in [1.165, 1.54) is 12.1 Å². The first kappa shape index (κ1) is 16.8. The number of fused-ring (bicyclic) bond motifs is 1. The van der Waals surface area contributed by atoms with Crippen LogP contribution in [0.2, 0.25) is 0 Å². The summed E-state index contributed by atoms with van der Waals surface area (Å²) in [7, 11) is 0. The van der Waals surface area contributed by atoms with Crippen molar-refractivity contribution in [1.82, 2.24) is 4.98 Å². The predicted octanol–water partition coefficient (Wildman–Crippen LogP) is 5.28. The zero-order valence-corrected chi connectivity index (χ0v) is 14.4. The Kier molecular flexibility index (Phi) is 4.58. The number of nitrogens with one attached hydrogen (secondary N) is 2. The Balaban J connectivity index is 1.41. The Hall–Kier alpha value is -3.60. The minimum absolute atomic E-state index is 0.158. The minimum atomic E-state index is -0.322. The average molecular weight is 360 g/mol. The summed E-state index contributed by atoms with van der Waals surface area (Å²) in [6.45, 7) is 0. The summed E-state index contributed by atoms with van der Waals surface area (Å²) in [5, 5.41) is 3.57. The number of aromatic amines is 1. The van der Waals surface area contributed by atoms with Crippen molar-refractivity contribution in [1.29, 1.82) is 0 Å². The third-order valence-electron chi connectivity index (χ3n) is 4.20. The molecule has 0 aliphatic carbocycles. The lowest BCUT2D eigenvalue weighted by Crippen LogP contribution is -2.14. The molecule has 0 saturated heterocycles. The third kappa shape index (κ3) is 3.98. The predicted molar refractivity (Wildman–Crippen MR) is 104 cm³/mol. The number of H-pyrrole nitrogens is 1. The summed E-state index contributed by atoms with van der Waals surface area (Å²) >= 11 is 0. The molecule has 4 rings (SSSR count). The van der Waals surface area contributed by atoms with Crippen molar-refractivity contribution in [3.63, 3.8) is 0 Å². The molecule has 0 aliphatic rings. The maximum Gasteiger partial charge on any atom is 0.228 e. The fourth-order valence-electron chi connectivity index (χ4n) is 2.91. The largest absolute Gasteiger partial charge is 0.457 e. The molecule has 1 heterocycles.